The van der Waals surface area contributed by atoms with E-state index in [2.05, 4.69) is 4.72 Å². The number of hydrogen-bond acceptors (Lipinski definition) is 3. The summed E-state index contributed by atoms with van der Waals surface area (Å²) in [6, 6.07) is 14.5. The third-order valence-electron chi connectivity index (χ3n) is 4.77. The molecular formula is C21H26N2O3S. The highest BCUT2D eigenvalue weighted by molar-refractivity contribution is 7.91. The zero-order chi connectivity index (χ0) is 19.3. The van der Waals surface area contributed by atoms with E-state index in [1.54, 1.807) is 12.1 Å². The van der Waals surface area contributed by atoms with E-state index in [0.717, 1.165) is 42.6 Å². The van der Waals surface area contributed by atoms with Crippen LogP contribution >= 0.6 is 0 Å². The molecule has 0 bridgehead atoms. The maximum atomic E-state index is 12.4. The van der Waals surface area contributed by atoms with E-state index >= 15 is 0 Å². The van der Waals surface area contributed by atoms with Gasteiger partial charge in [0.15, 0.2) is 0 Å². The second-order valence-electron chi connectivity index (χ2n) is 7.16. The molecule has 1 N–H and O–H groups in total. The first-order valence-corrected chi connectivity index (χ1v) is 11.0. The quantitative estimate of drug-likeness (QED) is 0.826. The number of amides is 1. The Morgan fingerprint density at radius 3 is 2.15 bits per heavy atom. The van der Waals surface area contributed by atoms with Gasteiger partial charge in [0, 0.05) is 18.8 Å². The Morgan fingerprint density at radius 1 is 0.926 bits per heavy atom. The Labute approximate surface area is 161 Å². The van der Waals surface area contributed by atoms with E-state index in [0.29, 0.717) is 12.1 Å². The number of aryl methyl sites for hydroxylation is 1. The van der Waals surface area contributed by atoms with Crippen LogP contribution in [-0.2, 0) is 27.0 Å². The van der Waals surface area contributed by atoms with Gasteiger partial charge in [-0.25, -0.2) is 8.42 Å². The predicted octanol–water partition coefficient (Wildman–Crippen LogP) is 3.49. The minimum atomic E-state index is -3.48. The Bertz CT molecular complexity index is 869. The zero-order valence-corrected chi connectivity index (χ0v) is 16.5. The number of nitrogens with one attached hydrogen (secondary N) is 1. The van der Waals surface area contributed by atoms with E-state index in [-0.39, 0.29) is 11.7 Å². The van der Waals surface area contributed by atoms with Gasteiger partial charge in [-0.2, -0.15) is 0 Å². The first kappa shape index (κ1) is 19.4. The smallest absolute Gasteiger partial charge is 0.236 e. The second-order valence-corrected chi connectivity index (χ2v) is 8.88. The van der Waals surface area contributed by atoms with Gasteiger partial charge in [0.1, 0.15) is 0 Å². The number of sulfonamides is 1. The van der Waals surface area contributed by atoms with Crippen molar-refractivity contribution in [2.45, 2.75) is 38.4 Å². The van der Waals surface area contributed by atoms with E-state index < -0.39 is 10.0 Å². The van der Waals surface area contributed by atoms with Crippen molar-refractivity contribution in [3.8, 4) is 0 Å². The van der Waals surface area contributed by atoms with Crippen LogP contribution in [0.2, 0.25) is 0 Å². The molecule has 2 aromatic rings. The second kappa shape index (κ2) is 8.57. The Hall–Kier alpha value is -2.34. The average molecular weight is 387 g/mol. The first-order chi connectivity index (χ1) is 12.9. The van der Waals surface area contributed by atoms with Crippen molar-refractivity contribution in [3.05, 3.63) is 65.2 Å². The number of rotatable bonds is 6. The van der Waals surface area contributed by atoms with Crippen molar-refractivity contribution in [1.82, 2.24) is 4.90 Å². The normalized spacial score (nSPS) is 14.8. The van der Waals surface area contributed by atoms with Crippen LogP contribution in [0.1, 0.15) is 36.0 Å². The molecule has 0 aliphatic carbocycles. The third kappa shape index (κ3) is 5.82. The van der Waals surface area contributed by atoms with Crippen LogP contribution in [0.25, 0.3) is 0 Å². The number of carbonyl (C=O) groups is 1. The molecule has 0 spiro atoms. The zero-order valence-electron chi connectivity index (χ0n) is 15.6. The molecule has 6 heteroatoms. The molecule has 3 rings (SSSR count). The molecular weight excluding hydrogens is 360 g/mol. The van der Waals surface area contributed by atoms with E-state index in [1.807, 2.05) is 48.2 Å². The number of likely N-dealkylation sites (tertiary alicyclic amines) is 1. The van der Waals surface area contributed by atoms with E-state index in [4.69, 9.17) is 0 Å². The molecule has 1 saturated heterocycles. The summed E-state index contributed by atoms with van der Waals surface area (Å²) in [5.41, 5.74) is 3.25. The minimum Gasteiger partial charge on any atom is -0.342 e. The maximum absolute atomic E-state index is 12.4. The van der Waals surface area contributed by atoms with Crippen molar-refractivity contribution in [3.63, 3.8) is 0 Å². The maximum Gasteiger partial charge on any atom is 0.236 e. The standard InChI is InChI=1S/C21H26N2O3S/c1-17-5-7-19(8-6-17)16-27(25,26)22-20-11-9-18(10-12-20)15-21(24)23-13-3-2-4-14-23/h5-12,22H,2-4,13-16H2,1H3. The summed E-state index contributed by atoms with van der Waals surface area (Å²) in [5.74, 6) is 0.0741. The minimum absolute atomic E-state index is 0.0670. The van der Waals surface area contributed by atoms with Gasteiger partial charge in [-0.1, -0.05) is 42.0 Å². The van der Waals surface area contributed by atoms with Gasteiger partial charge in [0.2, 0.25) is 15.9 Å². The molecule has 0 saturated carbocycles. The van der Waals surface area contributed by atoms with Gasteiger partial charge >= 0.3 is 0 Å². The van der Waals surface area contributed by atoms with Gasteiger partial charge in [0.25, 0.3) is 0 Å². The molecule has 1 aliphatic rings. The third-order valence-corrected chi connectivity index (χ3v) is 6.03. The summed E-state index contributed by atoms with van der Waals surface area (Å²) in [6.07, 6.45) is 3.71. The number of anilines is 1. The van der Waals surface area contributed by atoms with E-state index in [1.165, 1.54) is 6.42 Å². The molecule has 1 amide bonds. The fourth-order valence-electron chi connectivity index (χ4n) is 3.24. The lowest BCUT2D eigenvalue weighted by atomic mass is 10.1. The summed E-state index contributed by atoms with van der Waals surface area (Å²) >= 11 is 0. The molecule has 27 heavy (non-hydrogen) atoms. The van der Waals surface area contributed by atoms with Crippen LogP contribution in [0.15, 0.2) is 48.5 Å². The summed E-state index contributed by atoms with van der Waals surface area (Å²) in [4.78, 5) is 14.2. The van der Waals surface area contributed by atoms with Crippen LogP contribution in [-0.4, -0.2) is 32.3 Å². The number of benzene rings is 2. The molecule has 0 atom stereocenters. The summed E-state index contributed by atoms with van der Waals surface area (Å²) in [6.45, 7) is 3.65. The Morgan fingerprint density at radius 2 is 1.52 bits per heavy atom. The molecule has 2 aromatic carbocycles. The predicted molar refractivity (Wildman–Crippen MR) is 108 cm³/mol. The summed E-state index contributed by atoms with van der Waals surface area (Å²) in [7, 11) is -3.48. The van der Waals surface area contributed by atoms with Crippen molar-refractivity contribution < 1.29 is 13.2 Å². The largest absolute Gasteiger partial charge is 0.342 e. The van der Waals surface area contributed by atoms with Crippen molar-refractivity contribution in [2.75, 3.05) is 17.8 Å². The number of piperidine rings is 1. The molecule has 0 unspecified atom stereocenters. The summed E-state index contributed by atoms with van der Waals surface area (Å²) in [5, 5.41) is 0. The summed E-state index contributed by atoms with van der Waals surface area (Å²) < 4.78 is 27.3. The van der Waals surface area contributed by atoms with Crippen LogP contribution < -0.4 is 4.72 Å². The van der Waals surface area contributed by atoms with Gasteiger partial charge in [-0.3, -0.25) is 9.52 Å². The molecule has 144 valence electrons. The molecule has 0 radical (unpaired) electrons. The number of nitrogens with zero attached hydrogens (tertiary/aromatic N) is 1. The molecule has 1 fully saturated rings. The van der Waals surface area contributed by atoms with Crippen molar-refractivity contribution in [2.24, 2.45) is 0 Å². The molecule has 1 heterocycles. The first-order valence-electron chi connectivity index (χ1n) is 9.34. The number of hydrogen-bond donors (Lipinski definition) is 1. The SMILES string of the molecule is Cc1ccc(CS(=O)(=O)Nc2ccc(CC(=O)N3CCCCC3)cc2)cc1. The number of carbonyl (C=O) groups excluding carboxylic acids is 1. The van der Waals surface area contributed by atoms with Crippen molar-refractivity contribution >= 4 is 21.6 Å². The molecule has 0 aromatic heterocycles. The lowest BCUT2D eigenvalue weighted by Crippen LogP contribution is -2.36. The van der Waals surface area contributed by atoms with Gasteiger partial charge in [-0.15, -0.1) is 0 Å². The highest BCUT2D eigenvalue weighted by Crippen LogP contribution is 2.16. The lowest BCUT2D eigenvalue weighted by Gasteiger charge is -2.26. The lowest BCUT2D eigenvalue weighted by molar-refractivity contribution is -0.131. The fourth-order valence-corrected chi connectivity index (χ4v) is 4.44. The Kier molecular flexibility index (Phi) is 6.16. The highest BCUT2D eigenvalue weighted by Gasteiger charge is 2.17. The average Bonchev–Trinajstić information content (AvgIpc) is 2.65. The van der Waals surface area contributed by atoms with Crippen LogP contribution in [0.3, 0.4) is 0 Å². The van der Waals surface area contributed by atoms with Crippen LogP contribution in [0, 0.1) is 6.92 Å². The van der Waals surface area contributed by atoms with Gasteiger partial charge < -0.3 is 4.90 Å². The van der Waals surface area contributed by atoms with Crippen LogP contribution in [0.5, 0.6) is 0 Å². The van der Waals surface area contributed by atoms with Crippen molar-refractivity contribution in [1.29, 1.82) is 0 Å². The highest BCUT2D eigenvalue weighted by atomic mass is 32.2. The van der Waals surface area contributed by atoms with Gasteiger partial charge in [-0.05, 0) is 49.4 Å². The van der Waals surface area contributed by atoms with E-state index in [9.17, 15) is 13.2 Å². The molecule has 5 nitrogen and oxygen atoms in total. The van der Waals surface area contributed by atoms with Crippen LogP contribution in [0.4, 0.5) is 5.69 Å². The monoisotopic (exact) mass is 386 g/mol. The topological polar surface area (TPSA) is 66.5 Å². The Balaban J connectivity index is 1.57. The molecule has 1 aliphatic heterocycles. The fraction of sp³-hybridized carbons (Fsp3) is 0.381. The van der Waals surface area contributed by atoms with Gasteiger partial charge in [0.05, 0.1) is 12.2 Å².